The Morgan fingerprint density at radius 3 is 1.85 bits per heavy atom. The van der Waals surface area contributed by atoms with Gasteiger partial charge >= 0.3 is 5.97 Å². The van der Waals surface area contributed by atoms with E-state index in [-0.39, 0.29) is 5.97 Å². The lowest BCUT2D eigenvalue weighted by molar-refractivity contribution is -0.136. The molecule has 0 aliphatic carbocycles. The predicted octanol–water partition coefficient (Wildman–Crippen LogP) is 9.60. The van der Waals surface area contributed by atoms with Crippen molar-refractivity contribution in [3.05, 3.63) is 48.5 Å². The molecule has 0 amide bonds. The third kappa shape index (κ3) is 10.8. The summed E-state index contributed by atoms with van der Waals surface area (Å²) in [7, 11) is 0. The molecule has 0 aliphatic rings. The van der Waals surface area contributed by atoms with Crippen LogP contribution in [0.5, 0.6) is 0 Å². The fourth-order valence-corrected chi connectivity index (χ4v) is 4.65. The van der Waals surface area contributed by atoms with Gasteiger partial charge in [-0.3, -0.25) is 0 Å². The number of ether oxygens (including phenoxy) is 1. The molecule has 0 bridgehead atoms. The Bertz CT molecular complexity index is 842. The maximum atomic E-state index is 12.4. The van der Waals surface area contributed by atoms with E-state index >= 15 is 0 Å². The van der Waals surface area contributed by atoms with E-state index in [1.54, 1.807) is 11.8 Å². The molecule has 3 heteroatoms. The van der Waals surface area contributed by atoms with Crippen molar-refractivity contribution in [3.63, 3.8) is 0 Å². The molecule has 0 N–H and O–H groups in total. The van der Waals surface area contributed by atoms with Crippen LogP contribution in [-0.2, 0) is 9.53 Å². The van der Waals surface area contributed by atoms with E-state index in [4.69, 9.17) is 4.74 Å². The zero-order chi connectivity index (χ0) is 23.7. The van der Waals surface area contributed by atoms with E-state index in [0.717, 1.165) is 23.8 Å². The van der Waals surface area contributed by atoms with Crippen LogP contribution in [0, 0.1) is 0 Å². The number of unbranched alkanes of at least 4 members (excludes halogenated alkanes) is 13. The lowest BCUT2D eigenvalue weighted by atomic mass is 10.0. The van der Waals surface area contributed by atoms with Crippen molar-refractivity contribution in [3.8, 4) is 0 Å². The van der Waals surface area contributed by atoms with Crippen molar-refractivity contribution >= 4 is 34.1 Å². The topological polar surface area (TPSA) is 26.3 Å². The molecule has 0 saturated carbocycles. The quantitative estimate of drug-likeness (QED) is 0.0942. The largest absolute Gasteiger partial charge is 0.462 e. The summed E-state index contributed by atoms with van der Waals surface area (Å²) in [4.78, 5) is 13.6. The summed E-state index contributed by atoms with van der Waals surface area (Å²) >= 11 is 1.73. The van der Waals surface area contributed by atoms with Gasteiger partial charge in [0.05, 0.1) is 12.2 Å². The predicted molar refractivity (Wildman–Crippen MR) is 146 cm³/mol. The highest BCUT2D eigenvalue weighted by atomic mass is 32.2. The van der Waals surface area contributed by atoms with Gasteiger partial charge in [0.25, 0.3) is 0 Å². The highest BCUT2D eigenvalue weighted by molar-refractivity contribution is 7.98. The van der Waals surface area contributed by atoms with Gasteiger partial charge in [0.15, 0.2) is 0 Å². The Morgan fingerprint density at radius 1 is 0.758 bits per heavy atom. The average Bonchev–Trinajstić information content (AvgIpc) is 2.85. The van der Waals surface area contributed by atoms with Crippen LogP contribution in [0.15, 0.2) is 47.9 Å². The number of rotatable bonds is 18. The molecule has 0 heterocycles. The third-order valence-electron chi connectivity index (χ3n) is 6.37. The van der Waals surface area contributed by atoms with Gasteiger partial charge in [-0.05, 0) is 47.2 Å². The first-order chi connectivity index (χ1) is 16.2. The smallest absolute Gasteiger partial charge is 0.338 e. The minimum absolute atomic E-state index is 0.301. The minimum atomic E-state index is -0.301. The highest BCUT2D eigenvalue weighted by Crippen LogP contribution is 2.25. The number of fused-ring (bicyclic) bond motifs is 1. The summed E-state index contributed by atoms with van der Waals surface area (Å²) in [5.74, 6) is -0.301. The summed E-state index contributed by atoms with van der Waals surface area (Å²) in [5.41, 5.74) is 1.28. The molecule has 0 unspecified atom stereocenters. The van der Waals surface area contributed by atoms with Crippen molar-refractivity contribution in [1.29, 1.82) is 0 Å². The van der Waals surface area contributed by atoms with Crippen molar-refractivity contribution in [2.45, 2.75) is 102 Å². The fourth-order valence-electron chi connectivity index (χ4n) is 4.20. The average molecular weight is 469 g/mol. The van der Waals surface area contributed by atoms with Gasteiger partial charge in [-0.25, -0.2) is 4.79 Å². The van der Waals surface area contributed by atoms with Crippen LogP contribution in [0.3, 0.4) is 0 Å². The normalized spacial score (nSPS) is 11.1. The van der Waals surface area contributed by atoms with Gasteiger partial charge in [-0.15, -0.1) is 11.8 Å². The Morgan fingerprint density at radius 2 is 1.27 bits per heavy atom. The van der Waals surface area contributed by atoms with Crippen molar-refractivity contribution in [1.82, 2.24) is 0 Å². The second-order valence-electron chi connectivity index (χ2n) is 9.14. The summed E-state index contributed by atoms with van der Waals surface area (Å²) in [5, 5.41) is 2.29. The molecule has 0 spiro atoms. The molecule has 2 rings (SSSR count). The van der Waals surface area contributed by atoms with Crippen molar-refractivity contribution in [2.24, 2.45) is 0 Å². The molecule has 0 fully saturated rings. The van der Waals surface area contributed by atoms with Crippen LogP contribution < -0.4 is 0 Å². The standard InChI is InChI=1S/C30H44O2S/c1-4-5-6-7-8-9-10-11-12-13-14-15-16-17-22-32-30(31)25(2)26-18-19-28-24-29(33-3)21-20-27(28)23-26/h18-21,23-24H,2,4-17,22H2,1,3H3. The number of carbonyl (C=O) groups is 1. The van der Waals surface area contributed by atoms with E-state index in [1.807, 2.05) is 12.1 Å². The van der Waals surface area contributed by atoms with Crippen molar-refractivity contribution < 1.29 is 9.53 Å². The molecular formula is C30H44O2S. The molecule has 2 aromatic rings. The molecule has 0 aromatic heterocycles. The zero-order valence-electron chi connectivity index (χ0n) is 21.0. The second-order valence-corrected chi connectivity index (χ2v) is 10.0. The number of thioether (sulfide) groups is 1. The molecule has 0 saturated heterocycles. The summed E-state index contributed by atoms with van der Waals surface area (Å²) < 4.78 is 5.47. The number of benzene rings is 2. The Balaban J connectivity index is 1.51. The highest BCUT2D eigenvalue weighted by Gasteiger charge is 2.11. The van der Waals surface area contributed by atoms with E-state index in [1.165, 1.54) is 87.3 Å². The maximum absolute atomic E-state index is 12.4. The van der Waals surface area contributed by atoms with Crippen LogP contribution in [0.25, 0.3) is 16.3 Å². The monoisotopic (exact) mass is 468 g/mol. The lowest BCUT2D eigenvalue weighted by Gasteiger charge is -2.09. The molecule has 0 atom stereocenters. The maximum Gasteiger partial charge on any atom is 0.338 e. The van der Waals surface area contributed by atoms with E-state index in [2.05, 4.69) is 44.0 Å². The molecular weight excluding hydrogens is 424 g/mol. The number of hydrogen-bond acceptors (Lipinski definition) is 3. The minimum Gasteiger partial charge on any atom is -0.462 e. The van der Waals surface area contributed by atoms with Crippen LogP contribution in [0.1, 0.15) is 102 Å². The first-order valence-corrected chi connectivity index (χ1v) is 14.3. The summed E-state index contributed by atoms with van der Waals surface area (Å²) in [6, 6.07) is 12.4. The van der Waals surface area contributed by atoms with Gasteiger partial charge in [-0.2, -0.15) is 0 Å². The van der Waals surface area contributed by atoms with Gasteiger partial charge in [0, 0.05) is 4.90 Å². The summed E-state index contributed by atoms with van der Waals surface area (Å²) in [6.45, 7) is 6.74. The fraction of sp³-hybridized carbons (Fsp3) is 0.567. The van der Waals surface area contributed by atoms with Gasteiger partial charge in [0.2, 0.25) is 0 Å². The van der Waals surface area contributed by atoms with Gasteiger partial charge < -0.3 is 4.74 Å². The van der Waals surface area contributed by atoms with E-state index in [0.29, 0.717) is 12.2 Å². The van der Waals surface area contributed by atoms with E-state index < -0.39 is 0 Å². The number of esters is 1. The van der Waals surface area contributed by atoms with Crippen LogP contribution in [0.2, 0.25) is 0 Å². The van der Waals surface area contributed by atoms with Crippen LogP contribution in [0.4, 0.5) is 0 Å². The molecule has 0 aliphatic heterocycles. The molecule has 2 aromatic carbocycles. The first kappa shape index (κ1) is 27.5. The number of carbonyl (C=O) groups excluding carboxylic acids is 1. The Hall–Kier alpha value is -1.74. The molecule has 0 radical (unpaired) electrons. The third-order valence-corrected chi connectivity index (χ3v) is 7.10. The van der Waals surface area contributed by atoms with Gasteiger partial charge in [-0.1, -0.05) is 115 Å². The Kier molecular flexibility index (Phi) is 14.0. The zero-order valence-corrected chi connectivity index (χ0v) is 21.8. The molecule has 182 valence electrons. The SMILES string of the molecule is C=C(C(=O)OCCCCCCCCCCCCCCCC)c1ccc2cc(SC)ccc2c1. The summed E-state index contributed by atoms with van der Waals surface area (Å²) in [6.07, 6.45) is 20.6. The second kappa shape index (κ2) is 16.8. The van der Waals surface area contributed by atoms with Gasteiger partial charge in [0.1, 0.15) is 0 Å². The van der Waals surface area contributed by atoms with Crippen molar-refractivity contribution in [2.75, 3.05) is 12.9 Å². The number of hydrogen-bond donors (Lipinski definition) is 0. The lowest BCUT2D eigenvalue weighted by Crippen LogP contribution is -2.07. The van der Waals surface area contributed by atoms with E-state index in [9.17, 15) is 4.79 Å². The Labute approximate surface area is 206 Å². The van der Waals surface area contributed by atoms with Crippen LogP contribution >= 0.6 is 11.8 Å². The molecule has 33 heavy (non-hydrogen) atoms. The first-order valence-electron chi connectivity index (χ1n) is 13.1. The molecule has 2 nitrogen and oxygen atoms in total. The van der Waals surface area contributed by atoms with Crippen LogP contribution in [-0.4, -0.2) is 18.8 Å².